The molecule has 0 saturated heterocycles. The fourth-order valence-corrected chi connectivity index (χ4v) is 2.45. The molecule has 0 aliphatic carbocycles. The highest BCUT2D eigenvalue weighted by Crippen LogP contribution is 2.13. The van der Waals surface area contributed by atoms with Crippen molar-refractivity contribution in [3.05, 3.63) is 83.9 Å². The van der Waals surface area contributed by atoms with Crippen molar-refractivity contribution in [3.8, 4) is 0 Å². The van der Waals surface area contributed by atoms with Crippen LogP contribution in [0.4, 0.5) is 16.0 Å². The van der Waals surface area contributed by atoms with Crippen LogP contribution in [0, 0.1) is 5.82 Å². The number of amides is 1. The van der Waals surface area contributed by atoms with E-state index < -0.39 is 0 Å². The lowest BCUT2D eigenvalue weighted by molar-refractivity contribution is 0.0952. The molecule has 132 valence electrons. The number of hydrogen-bond donors (Lipinski definition) is 2. The first-order valence-electron chi connectivity index (χ1n) is 8.37. The fraction of sp³-hybridized carbons (Fsp3) is 0.150. The second kappa shape index (κ2) is 8.71. The number of rotatable bonds is 7. The minimum atomic E-state index is -0.346. The van der Waals surface area contributed by atoms with Crippen LogP contribution in [0.2, 0.25) is 0 Å². The second-order valence-corrected chi connectivity index (χ2v) is 5.78. The Hall–Kier alpha value is -3.28. The first-order chi connectivity index (χ1) is 12.7. The molecule has 0 bridgehead atoms. The van der Waals surface area contributed by atoms with E-state index in [1.54, 1.807) is 12.1 Å². The van der Waals surface area contributed by atoms with Gasteiger partial charge in [-0.05, 0) is 36.6 Å². The van der Waals surface area contributed by atoms with Crippen LogP contribution in [0.1, 0.15) is 22.3 Å². The molecule has 26 heavy (non-hydrogen) atoms. The van der Waals surface area contributed by atoms with E-state index in [9.17, 15) is 9.18 Å². The normalized spacial score (nSPS) is 10.3. The highest BCUT2D eigenvalue weighted by Gasteiger charge is 2.07. The summed E-state index contributed by atoms with van der Waals surface area (Å²) < 4.78 is 13.2. The molecule has 1 amide bonds. The van der Waals surface area contributed by atoms with Gasteiger partial charge in [-0.15, -0.1) is 0 Å². The summed E-state index contributed by atoms with van der Waals surface area (Å²) in [5, 5.41) is 5.74. The third-order valence-corrected chi connectivity index (χ3v) is 3.77. The Bertz CT molecular complexity index is 853. The van der Waals surface area contributed by atoms with E-state index in [4.69, 9.17) is 0 Å². The Morgan fingerprint density at radius 3 is 2.50 bits per heavy atom. The number of aryl methyl sites for hydroxylation is 1. The van der Waals surface area contributed by atoms with Gasteiger partial charge in [-0.3, -0.25) is 4.79 Å². The van der Waals surface area contributed by atoms with E-state index in [0.717, 1.165) is 12.8 Å². The molecule has 1 heterocycles. The molecule has 0 fully saturated rings. The molecule has 0 radical (unpaired) electrons. The third-order valence-electron chi connectivity index (χ3n) is 3.77. The van der Waals surface area contributed by atoms with Crippen molar-refractivity contribution in [1.29, 1.82) is 0 Å². The number of hydrogen-bond acceptors (Lipinski definition) is 4. The maximum absolute atomic E-state index is 13.2. The molecule has 0 atom stereocenters. The van der Waals surface area contributed by atoms with Crippen molar-refractivity contribution in [2.45, 2.75) is 12.8 Å². The summed E-state index contributed by atoms with van der Waals surface area (Å²) in [5.41, 5.74) is 2.18. The second-order valence-electron chi connectivity index (χ2n) is 5.78. The van der Waals surface area contributed by atoms with E-state index in [1.165, 1.54) is 30.1 Å². The van der Waals surface area contributed by atoms with Crippen LogP contribution in [0.5, 0.6) is 0 Å². The standard InChI is InChI=1S/C20H19FN4O/c21-17-9-4-10-18(12-17)25-20-23-13-16(14-24-20)19(26)22-11-5-8-15-6-2-1-3-7-15/h1-4,6-7,9-10,12-14H,5,8,11H2,(H,22,26)(H,23,24,25). The lowest BCUT2D eigenvalue weighted by Crippen LogP contribution is -2.25. The number of aromatic nitrogens is 2. The summed E-state index contributed by atoms with van der Waals surface area (Å²) in [4.78, 5) is 20.3. The molecule has 0 unspecified atom stereocenters. The summed E-state index contributed by atoms with van der Waals surface area (Å²) in [6, 6.07) is 16.1. The Labute approximate surface area is 151 Å². The molecule has 3 rings (SSSR count). The minimum Gasteiger partial charge on any atom is -0.352 e. The van der Waals surface area contributed by atoms with Crippen LogP contribution in [-0.2, 0) is 6.42 Å². The van der Waals surface area contributed by atoms with Gasteiger partial charge in [-0.1, -0.05) is 36.4 Å². The molecular formula is C20H19FN4O. The molecule has 1 aromatic heterocycles. The Kier molecular flexibility index (Phi) is 5.88. The monoisotopic (exact) mass is 350 g/mol. The number of anilines is 2. The molecule has 5 nitrogen and oxygen atoms in total. The lowest BCUT2D eigenvalue weighted by Gasteiger charge is -2.07. The zero-order valence-corrected chi connectivity index (χ0v) is 14.2. The van der Waals surface area contributed by atoms with Gasteiger partial charge in [0.1, 0.15) is 5.82 Å². The van der Waals surface area contributed by atoms with Crippen LogP contribution < -0.4 is 10.6 Å². The van der Waals surface area contributed by atoms with Crippen molar-refractivity contribution in [1.82, 2.24) is 15.3 Å². The topological polar surface area (TPSA) is 66.9 Å². The maximum atomic E-state index is 13.2. The summed E-state index contributed by atoms with van der Waals surface area (Å²) in [6.07, 6.45) is 4.66. The highest BCUT2D eigenvalue weighted by atomic mass is 19.1. The molecule has 2 aromatic carbocycles. The number of halogens is 1. The third kappa shape index (κ3) is 5.11. The average Bonchev–Trinajstić information content (AvgIpc) is 2.66. The summed E-state index contributed by atoms with van der Waals surface area (Å²) >= 11 is 0. The van der Waals surface area contributed by atoms with Crippen LogP contribution >= 0.6 is 0 Å². The molecule has 3 aromatic rings. The van der Waals surface area contributed by atoms with Gasteiger partial charge in [-0.25, -0.2) is 14.4 Å². The Morgan fingerprint density at radius 2 is 1.77 bits per heavy atom. The first-order valence-corrected chi connectivity index (χ1v) is 8.37. The zero-order valence-electron chi connectivity index (χ0n) is 14.2. The van der Waals surface area contributed by atoms with Gasteiger partial charge in [0.05, 0.1) is 5.56 Å². The molecule has 6 heteroatoms. The average molecular weight is 350 g/mol. The molecule has 0 saturated carbocycles. The lowest BCUT2D eigenvalue weighted by atomic mass is 10.1. The number of nitrogens with one attached hydrogen (secondary N) is 2. The molecule has 2 N–H and O–H groups in total. The fourth-order valence-electron chi connectivity index (χ4n) is 2.45. The highest BCUT2D eigenvalue weighted by molar-refractivity contribution is 5.93. The van der Waals surface area contributed by atoms with Crippen LogP contribution in [0.25, 0.3) is 0 Å². The summed E-state index contributed by atoms with van der Waals surface area (Å²) in [7, 11) is 0. The van der Waals surface area contributed by atoms with Crippen molar-refractivity contribution in [2.75, 3.05) is 11.9 Å². The minimum absolute atomic E-state index is 0.213. The van der Waals surface area contributed by atoms with E-state index in [1.807, 2.05) is 18.2 Å². The smallest absolute Gasteiger partial charge is 0.254 e. The number of nitrogens with zero attached hydrogens (tertiary/aromatic N) is 2. The maximum Gasteiger partial charge on any atom is 0.254 e. The Morgan fingerprint density at radius 1 is 1.00 bits per heavy atom. The van der Waals surface area contributed by atoms with Gasteiger partial charge in [0, 0.05) is 24.6 Å². The van der Waals surface area contributed by atoms with Crippen molar-refractivity contribution >= 4 is 17.5 Å². The van der Waals surface area contributed by atoms with Crippen LogP contribution in [0.3, 0.4) is 0 Å². The molecule has 0 aliphatic heterocycles. The van der Waals surface area contributed by atoms with Crippen LogP contribution in [0.15, 0.2) is 67.0 Å². The largest absolute Gasteiger partial charge is 0.352 e. The number of benzene rings is 2. The molecule has 0 spiro atoms. The molecular weight excluding hydrogens is 331 g/mol. The predicted octanol–water partition coefficient (Wildman–Crippen LogP) is 3.72. The number of carbonyl (C=O) groups is 1. The summed E-state index contributed by atoms with van der Waals surface area (Å²) in [6.45, 7) is 0.580. The number of carbonyl (C=O) groups excluding carboxylic acids is 1. The predicted molar refractivity (Wildman–Crippen MR) is 98.8 cm³/mol. The van der Waals surface area contributed by atoms with Gasteiger partial charge in [0.15, 0.2) is 0 Å². The van der Waals surface area contributed by atoms with E-state index in [-0.39, 0.29) is 11.7 Å². The SMILES string of the molecule is O=C(NCCCc1ccccc1)c1cnc(Nc2cccc(F)c2)nc1. The van der Waals surface area contributed by atoms with Gasteiger partial charge in [0.2, 0.25) is 5.95 Å². The Balaban J connectivity index is 1.47. The molecule has 0 aliphatic rings. The van der Waals surface area contributed by atoms with Gasteiger partial charge < -0.3 is 10.6 Å². The van der Waals surface area contributed by atoms with E-state index >= 15 is 0 Å². The van der Waals surface area contributed by atoms with Gasteiger partial charge in [-0.2, -0.15) is 0 Å². The van der Waals surface area contributed by atoms with Crippen molar-refractivity contribution in [3.63, 3.8) is 0 Å². The first kappa shape index (κ1) is 17.5. The van der Waals surface area contributed by atoms with Crippen molar-refractivity contribution < 1.29 is 9.18 Å². The van der Waals surface area contributed by atoms with Crippen molar-refractivity contribution in [2.24, 2.45) is 0 Å². The summed E-state index contributed by atoms with van der Waals surface area (Å²) in [5.74, 6) is -0.256. The zero-order chi connectivity index (χ0) is 18.2. The van der Waals surface area contributed by atoms with E-state index in [0.29, 0.717) is 23.7 Å². The quantitative estimate of drug-likeness (QED) is 0.637. The van der Waals surface area contributed by atoms with E-state index in [2.05, 4.69) is 32.7 Å². The van der Waals surface area contributed by atoms with Gasteiger partial charge in [0.25, 0.3) is 5.91 Å². The van der Waals surface area contributed by atoms with Gasteiger partial charge >= 0.3 is 0 Å². The van der Waals surface area contributed by atoms with Crippen LogP contribution in [-0.4, -0.2) is 22.4 Å².